The summed E-state index contributed by atoms with van der Waals surface area (Å²) < 4.78 is 47.0. The van der Waals surface area contributed by atoms with Crippen molar-refractivity contribution in [1.82, 2.24) is 0 Å². The predicted molar refractivity (Wildman–Crippen MR) is 156 cm³/mol. The van der Waals surface area contributed by atoms with E-state index in [0.29, 0.717) is 50.8 Å². The molecule has 2 heterocycles. The predicted octanol–water partition coefficient (Wildman–Crippen LogP) is 6.71. The van der Waals surface area contributed by atoms with Crippen LogP contribution in [0.15, 0.2) is 36.4 Å². The van der Waals surface area contributed by atoms with Gasteiger partial charge in [0, 0.05) is 35.5 Å². The first kappa shape index (κ1) is 32.7. The molecule has 0 radical (unpaired) electrons. The lowest BCUT2D eigenvalue weighted by molar-refractivity contribution is -0.183. The van der Waals surface area contributed by atoms with Crippen LogP contribution in [0.3, 0.4) is 0 Å². The van der Waals surface area contributed by atoms with Crippen LogP contribution in [0.4, 0.5) is 0 Å². The van der Waals surface area contributed by atoms with Crippen molar-refractivity contribution in [1.29, 1.82) is 0 Å². The molecule has 9 heteroatoms. The molecule has 2 aliphatic rings. The number of hydrogen-bond acceptors (Lipinski definition) is 9. The molecule has 2 aromatic carbocycles. The van der Waals surface area contributed by atoms with E-state index in [-0.39, 0.29) is 5.78 Å². The zero-order chi connectivity index (χ0) is 30.1. The first-order valence-electron chi connectivity index (χ1n) is 15.1. The second-order valence-corrected chi connectivity index (χ2v) is 10.5. The van der Waals surface area contributed by atoms with E-state index in [4.69, 9.17) is 37.9 Å². The Morgan fingerprint density at radius 1 is 0.690 bits per heavy atom. The summed E-state index contributed by atoms with van der Waals surface area (Å²) in [7, 11) is 0. The summed E-state index contributed by atoms with van der Waals surface area (Å²) in [6.45, 7) is 14.9. The van der Waals surface area contributed by atoms with Gasteiger partial charge in [-0.05, 0) is 77.6 Å². The fourth-order valence-corrected chi connectivity index (χ4v) is 5.32. The van der Waals surface area contributed by atoms with Gasteiger partial charge in [-0.1, -0.05) is 24.3 Å². The monoisotopic (exact) mass is 586 g/mol. The zero-order valence-corrected chi connectivity index (χ0v) is 25.8. The van der Waals surface area contributed by atoms with Gasteiger partial charge in [0.15, 0.2) is 30.9 Å². The van der Waals surface area contributed by atoms with Gasteiger partial charge >= 0.3 is 0 Å². The van der Waals surface area contributed by atoms with Crippen molar-refractivity contribution in [3.05, 3.63) is 69.8 Å². The minimum atomic E-state index is -0.489. The molecule has 0 aromatic heterocycles. The molecule has 2 saturated heterocycles. The van der Waals surface area contributed by atoms with E-state index in [9.17, 15) is 4.79 Å². The molecule has 232 valence electrons. The van der Waals surface area contributed by atoms with Crippen LogP contribution in [0.2, 0.25) is 0 Å². The van der Waals surface area contributed by atoms with Gasteiger partial charge in [0.25, 0.3) is 0 Å². The Morgan fingerprint density at radius 3 is 1.43 bits per heavy atom. The Balaban J connectivity index is 1.73. The molecule has 2 aliphatic heterocycles. The standard InChI is InChI=1S/C33H46O9/c1-7-35-23(5)41-21(3)29-19-25(32-37-15-9-16-38-32)11-13-27(29)31(34)28-14-12-26(33-39-17-10-18-40-33)20-30(28)22(4)42-24(6)36-8-2/h11-14,19-24,32-33H,7-10,15-18H2,1-6H3/t21-,22-,23?,24?/m1/s1. The fourth-order valence-electron chi connectivity index (χ4n) is 5.32. The molecule has 0 N–H and O–H groups in total. The average Bonchev–Trinajstić information content (AvgIpc) is 3.01. The Morgan fingerprint density at radius 2 is 1.07 bits per heavy atom. The number of ether oxygens (including phenoxy) is 8. The lowest BCUT2D eigenvalue weighted by Gasteiger charge is -2.27. The number of ketones is 1. The largest absolute Gasteiger partial charge is 0.353 e. The Hall–Kier alpha value is -2.21. The van der Waals surface area contributed by atoms with E-state index in [2.05, 4.69) is 0 Å². The number of rotatable bonds is 14. The van der Waals surface area contributed by atoms with E-state index in [1.54, 1.807) is 0 Å². The highest BCUT2D eigenvalue weighted by Crippen LogP contribution is 2.34. The highest BCUT2D eigenvalue weighted by molar-refractivity contribution is 6.11. The summed E-state index contributed by atoms with van der Waals surface area (Å²) in [5, 5.41) is 0. The Kier molecular flexibility index (Phi) is 12.5. The van der Waals surface area contributed by atoms with E-state index in [1.165, 1.54) is 0 Å². The maximum atomic E-state index is 14.4. The number of hydrogen-bond donors (Lipinski definition) is 0. The molecule has 0 spiro atoms. The van der Waals surface area contributed by atoms with Crippen LogP contribution < -0.4 is 0 Å². The maximum absolute atomic E-state index is 14.4. The van der Waals surface area contributed by atoms with Crippen LogP contribution in [0.5, 0.6) is 0 Å². The van der Waals surface area contributed by atoms with Gasteiger partial charge in [-0.15, -0.1) is 0 Å². The number of benzene rings is 2. The zero-order valence-electron chi connectivity index (χ0n) is 25.8. The van der Waals surface area contributed by atoms with Crippen LogP contribution in [0, 0.1) is 0 Å². The summed E-state index contributed by atoms with van der Waals surface area (Å²) in [6, 6.07) is 11.3. The molecule has 2 unspecified atom stereocenters. The molecule has 2 fully saturated rings. The summed E-state index contributed by atoms with van der Waals surface area (Å²) in [4.78, 5) is 14.4. The molecule has 4 rings (SSSR count). The van der Waals surface area contributed by atoms with Gasteiger partial charge < -0.3 is 37.9 Å². The van der Waals surface area contributed by atoms with Crippen LogP contribution in [-0.4, -0.2) is 58.0 Å². The minimum absolute atomic E-state index is 0.145. The van der Waals surface area contributed by atoms with Crippen LogP contribution >= 0.6 is 0 Å². The molecular weight excluding hydrogens is 540 g/mol. The van der Waals surface area contributed by atoms with Gasteiger partial charge in [0.1, 0.15) is 0 Å². The van der Waals surface area contributed by atoms with Gasteiger partial charge in [-0.2, -0.15) is 0 Å². The van der Waals surface area contributed by atoms with Crippen molar-refractivity contribution < 1.29 is 42.7 Å². The third-order valence-corrected chi connectivity index (χ3v) is 7.31. The highest BCUT2D eigenvalue weighted by Gasteiger charge is 2.28. The summed E-state index contributed by atoms with van der Waals surface area (Å²) in [5.41, 5.74) is 4.18. The first-order chi connectivity index (χ1) is 20.3. The van der Waals surface area contributed by atoms with E-state index in [1.807, 2.05) is 77.9 Å². The summed E-state index contributed by atoms with van der Waals surface area (Å²) in [6.07, 6.45) is -1.05. The van der Waals surface area contributed by atoms with Gasteiger partial charge in [0.05, 0.1) is 38.6 Å². The second kappa shape index (κ2) is 16.0. The Labute approximate surface area is 249 Å². The lowest BCUT2D eigenvalue weighted by atomic mass is 9.89. The van der Waals surface area contributed by atoms with Crippen molar-refractivity contribution in [2.45, 2.75) is 91.8 Å². The topological polar surface area (TPSA) is 90.9 Å². The highest BCUT2D eigenvalue weighted by atomic mass is 16.7. The van der Waals surface area contributed by atoms with E-state index < -0.39 is 37.4 Å². The van der Waals surface area contributed by atoms with E-state index >= 15 is 0 Å². The summed E-state index contributed by atoms with van der Waals surface area (Å²) >= 11 is 0. The second-order valence-electron chi connectivity index (χ2n) is 10.5. The van der Waals surface area contributed by atoms with Gasteiger partial charge in [-0.25, -0.2) is 0 Å². The Bertz CT molecular complexity index is 1050. The quantitative estimate of drug-likeness (QED) is 0.177. The summed E-state index contributed by atoms with van der Waals surface area (Å²) in [5.74, 6) is -0.145. The molecule has 42 heavy (non-hydrogen) atoms. The number of carbonyl (C=O) groups excluding carboxylic acids is 1. The molecule has 0 bridgehead atoms. The van der Waals surface area contributed by atoms with Gasteiger partial charge in [-0.3, -0.25) is 4.79 Å². The maximum Gasteiger partial charge on any atom is 0.193 e. The normalized spacial score (nSPS) is 19.8. The molecule has 9 nitrogen and oxygen atoms in total. The lowest BCUT2D eigenvalue weighted by Crippen LogP contribution is -2.22. The van der Waals surface area contributed by atoms with Crippen LogP contribution in [0.1, 0.15) is 117 Å². The minimum Gasteiger partial charge on any atom is -0.353 e. The third kappa shape index (κ3) is 8.45. The van der Waals surface area contributed by atoms with E-state index in [0.717, 1.165) is 35.1 Å². The molecule has 4 atom stereocenters. The smallest absolute Gasteiger partial charge is 0.193 e. The third-order valence-electron chi connectivity index (χ3n) is 7.31. The molecule has 0 aliphatic carbocycles. The number of carbonyl (C=O) groups is 1. The molecule has 0 saturated carbocycles. The van der Waals surface area contributed by atoms with Crippen LogP contribution in [0.25, 0.3) is 0 Å². The van der Waals surface area contributed by atoms with Crippen LogP contribution in [-0.2, 0) is 37.9 Å². The van der Waals surface area contributed by atoms with Crippen molar-refractivity contribution in [2.24, 2.45) is 0 Å². The van der Waals surface area contributed by atoms with Crippen molar-refractivity contribution in [2.75, 3.05) is 39.6 Å². The van der Waals surface area contributed by atoms with Crippen molar-refractivity contribution in [3.8, 4) is 0 Å². The fraction of sp³-hybridized carbons (Fsp3) is 0.606. The van der Waals surface area contributed by atoms with Crippen molar-refractivity contribution in [3.63, 3.8) is 0 Å². The average molecular weight is 587 g/mol. The van der Waals surface area contributed by atoms with Crippen molar-refractivity contribution >= 4 is 5.78 Å². The molecule has 2 aromatic rings. The van der Waals surface area contributed by atoms with Gasteiger partial charge in [0.2, 0.25) is 0 Å². The molecular formula is C33H46O9. The molecule has 0 amide bonds. The SMILES string of the molecule is CCOC(C)O[C@H](C)c1cc(C2OCCCO2)ccc1C(=O)c1ccc(C2OCCCO2)cc1[C@@H](C)OC(C)OCC. The first-order valence-corrected chi connectivity index (χ1v) is 15.1.